The molecule has 1 fully saturated rings. The van der Waals surface area contributed by atoms with E-state index < -0.39 is 0 Å². The molecule has 1 aliphatic rings. The lowest BCUT2D eigenvalue weighted by atomic mass is 9.96. The van der Waals surface area contributed by atoms with E-state index in [1.54, 1.807) is 12.3 Å². The average Bonchev–Trinajstić information content (AvgIpc) is 2.38. The summed E-state index contributed by atoms with van der Waals surface area (Å²) in [4.78, 5) is 10.6. The van der Waals surface area contributed by atoms with Crippen LogP contribution in [-0.4, -0.2) is 29.1 Å². The first kappa shape index (κ1) is 12.3. The summed E-state index contributed by atoms with van der Waals surface area (Å²) in [5.41, 5.74) is 7.94. The molecule has 1 aromatic heterocycles. The Labute approximate surface area is 111 Å². The maximum absolute atomic E-state index is 13.7. The Balaban J connectivity index is 2.07. The molecule has 5 heteroatoms. The predicted octanol–water partition coefficient (Wildman–Crippen LogP) is 1.94. The standard InChI is InChI=1S/C14H17FN4/c1-9-6-10(16)8-19(7-9)12-3-2-11(15)13-14(12)18-5-4-17-13/h2-5,9-10H,6-8,16H2,1H3/t9-,10+/m1/s1. The zero-order valence-electron chi connectivity index (χ0n) is 10.9. The van der Waals surface area contributed by atoms with E-state index in [-0.39, 0.29) is 11.9 Å². The molecule has 1 saturated heterocycles. The van der Waals surface area contributed by atoms with Crippen molar-refractivity contribution in [1.82, 2.24) is 9.97 Å². The van der Waals surface area contributed by atoms with Crippen LogP contribution in [0.3, 0.4) is 0 Å². The van der Waals surface area contributed by atoms with Gasteiger partial charge in [0, 0.05) is 31.5 Å². The molecule has 0 radical (unpaired) electrons. The molecule has 1 aromatic carbocycles. The predicted molar refractivity (Wildman–Crippen MR) is 73.5 cm³/mol. The smallest absolute Gasteiger partial charge is 0.151 e. The molecule has 4 nitrogen and oxygen atoms in total. The van der Waals surface area contributed by atoms with Gasteiger partial charge in [-0.25, -0.2) is 9.37 Å². The Morgan fingerprint density at radius 2 is 1.95 bits per heavy atom. The minimum atomic E-state index is -0.332. The second kappa shape index (κ2) is 4.74. The van der Waals surface area contributed by atoms with E-state index in [9.17, 15) is 4.39 Å². The second-order valence-corrected chi connectivity index (χ2v) is 5.33. The Kier molecular flexibility index (Phi) is 3.06. The first-order valence-electron chi connectivity index (χ1n) is 6.55. The lowest BCUT2D eigenvalue weighted by Gasteiger charge is -2.36. The van der Waals surface area contributed by atoms with Crippen molar-refractivity contribution >= 4 is 16.7 Å². The van der Waals surface area contributed by atoms with Crippen LogP contribution in [0, 0.1) is 11.7 Å². The van der Waals surface area contributed by atoms with Crippen LogP contribution >= 0.6 is 0 Å². The number of benzene rings is 1. The Bertz CT molecular complexity index is 591. The lowest BCUT2D eigenvalue weighted by Crippen LogP contribution is -2.46. The fourth-order valence-corrected chi connectivity index (χ4v) is 2.86. The molecule has 2 N–H and O–H groups in total. The van der Waals surface area contributed by atoms with Crippen LogP contribution < -0.4 is 10.6 Å². The number of hydrogen-bond donors (Lipinski definition) is 1. The van der Waals surface area contributed by atoms with Gasteiger partial charge < -0.3 is 10.6 Å². The highest BCUT2D eigenvalue weighted by molar-refractivity contribution is 5.88. The van der Waals surface area contributed by atoms with Crippen molar-refractivity contribution in [3.05, 3.63) is 30.3 Å². The van der Waals surface area contributed by atoms with Gasteiger partial charge in [-0.2, -0.15) is 0 Å². The van der Waals surface area contributed by atoms with Crippen LogP contribution in [0.15, 0.2) is 24.5 Å². The van der Waals surface area contributed by atoms with Gasteiger partial charge in [-0.05, 0) is 24.5 Å². The first-order chi connectivity index (χ1) is 9.15. The zero-order chi connectivity index (χ0) is 13.4. The molecule has 100 valence electrons. The number of aromatic nitrogens is 2. The molecule has 0 saturated carbocycles. The number of anilines is 1. The van der Waals surface area contributed by atoms with Gasteiger partial charge in [0.25, 0.3) is 0 Å². The Hall–Kier alpha value is -1.75. The summed E-state index contributed by atoms with van der Waals surface area (Å²) in [6, 6.07) is 3.38. The van der Waals surface area contributed by atoms with Gasteiger partial charge in [0.15, 0.2) is 5.82 Å². The third kappa shape index (κ3) is 2.26. The number of piperidine rings is 1. The van der Waals surface area contributed by atoms with E-state index >= 15 is 0 Å². The second-order valence-electron chi connectivity index (χ2n) is 5.33. The van der Waals surface area contributed by atoms with Crippen LogP contribution in [0.25, 0.3) is 11.0 Å². The average molecular weight is 260 g/mol. The molecule has 2 heterocycles. The van der Waals surface area contributed by atoms with Gasteiger partial charge >= 0.3 is 0 Å². The van der Waals surface area contributed by atoms with E-state index in [0.29, 0.717) is 17.0 Å². The van der Waals surface area contributed by atoms with E-state index in [1.807, 2.05) is 0 Å². The minimum absolute atomic E-state index is 0.153. The van der Waals surface area contributed by atoms with Crippen molar-refractivity contribution in [2.45, 2.75) is 19.4 Å². The molecule has 0 bridgehead atoms. The number of rotatable bonds is 1. The maximum Gasteiger partial charge on any atom is 0.151 e. The van der Waals surface area contributed by atoms with Gasteiger partial charge in [0.1, 0.15) is 11.0 Å². The van der Waals surface area contributed by atoms with Crippen molar-refractivity contribution in [3.63, 3.8) is 0 Å². The normalized spacial score (nSPS) is 23.8. The quantitative estimate of drug-likeness (QED) is 0.851. The van der Waals surface area contributed by atoms with Gasteiger partial charge in [0.2, 0.25) is 0 Å². The lowest BCUT2D eigenvalue weighted by molar-refractivity contribution is 0.402. The van der Waals surface area contributed by atoms with Gasteiger partial charge in [-0.15, -0.1) is 0 Å². The van der Waals surface area contributed by atoms with Crippen molar-refractivity contribution in [1.29, 1.82) is 0 Å². The van der Waals surface area contributed by atoms with Gasteiger partial charge in [-0.3, -0.25) is 4.98 Å². The van der Waals surface area contributed by atoms with Crippen LogP contribution in [-0.2, 0) is 0 Å². The SMILES string of the molecule is C[C@@H]1C[C@H](N)CN(c2ccc(F)c3nccnc23)C1. The number of nitrogens with zero attached hydrogens (tertiary/aromatic N) is 3. The highest BCUT2D eigenvalue weighted by Gasteiger charge is 2.24. The molecular formula is C14H17FN4. The summed E-state index contributed by atoms with van der Waals surface area (Å²) in [5, 5.41) is 0. The number of halogens is 1. The summed E-state index contributed by atoms with van der Waals surface area (Å²) < 4.78 is 13.7. The van der Waals surface area contributed by atoms with Crippen molar-refractivity contribution in [3.8, 4) is 0 Å². The highest BCUT2D eigenvalue weighted by Crippen LogP contribution is 2.29. The summed E-state index contributed by atoms with van der Waals surface area (Å²) >= 11 is 0. The minimum Gasteiger partial charge on any atom is -0.368 e. The third-order valence-corrected chi connectivity index (χ3v) is 3.59. The molecule has 1 aliphatic heterocycles. The molecule has 0 spiro atoms. The van der Waals surface area contributed by atoms with E-state index in [1.165, 1.54) is 12.3 Å². The van der Waals surface area contributed by atoms with E-state index in [0.717, 1.165) is 25.2 Å². The first-order valence-corrected chi connectivity index (χ1v) is 6.55. The molecule has 19 heavy (non-hydrogen) atoms. The third-order valence-electron chi connectivity index (χ3n) is 3.59. The Morgan fingerprint density at radius 1 is 1.21 bits per heavy atom. The highest BCUT2D eigenvalue weighted by atomic mass is 19.1. The number of fused-ring (bicyclic) bond motifs is 1. The van der Waals surface area contributed by atoms with Crippen LogP contribution in [0.5, 0.6) is 0 Å². The monoisotopic (exact) mass is 260 g/mol. The maximum atomic E-state index is 13.7. The van der Waals surface area contributed by atoms with Gasteiger partial charge in [0.05, 0.1) is 5.69 Å². The molecule has 3 rings (SSSR count). The summed E-state index contributed by atoms with van der Waals surface area (Å²) in [7, 11) is 0. The van der Waals surface area contributed by atoms with E-state index in [4.69, 9.17) is 5.73 Å². The molecule has 2 atom stereocenters. The van der Waals surface area contributed by atoms with Crippen LogP contribution in [0.2, 0.25) is 0 Å². The molecular weight excluding hydrogens is 243 g/mol. The van der Waals surface area contributed by atoms with Crippen molar-refractivity contribution in [2.24, 2.45) is 11.7 Å². The summed E-state index contributed by atoms with van der Waals surface area (Å²) in [6.45, 7) is 3.88. The Morgan fingerprint density at radius 3 is 2.68 bits per heavy atom. The zero-order valence-corrected chi connectivity index (χ0v) is 10.9. The van der Waals surface area contributed by atoms with Gasteiger partial charge in [-0.1, -0.05) is 6.92 Å². The summed E-state index contributed by atoms with van der Waals surface area (Å²) in [5.74, 6) is 0.196. The van der Waals surface area contributed by atoms with Crippen LogP contribution in [0.4, 0.5) is 10.1 Å². The summed E-state index contributed by atoms with van der Waals surface area (Å²) in [6.07, 6.45) is 4.14. The van der Waals surface area contributed by atoms with E-state index in [2.05, 4.69) is 21.8 Å². The molecule has 2 aromatic rings. The topological polar surface area (TPSA) is 55.0 Å². The molecule has 0 amide bonds. The fourth-order valence-electron chi connectivity index (χ4n) is 2.86. The number of nitrogens with two attached hydrogens (primary N) is 1. The van der Waals surface area contributed by atoms with Crippen LogP contribution in [0.1, 0.15) is 13.3 Å². The largest absolute Gasteiger partial charge is 0.368 e. The van der Waals surface area contributed by atoms with Crippen molar-refractivity contribution < 1.29 is 4.39 Å². The number of hydrogen-bond acceptors (Lipinski definition) is 4. The molecule has 0 aliphatic carbocycles. The molecule has 0 unspecified atom stereocenters. The fraction of sp³-hybridized carbons (Fsp3) is 0.429. The van der Waals surface area contributed by atoms with Crippen molar-refractivity contribution in [2.75, 3.05) is 18.0 Å².